The first kappa shape index (κ1) is 51.0. The predicted octanol–water partition coefficient (Wildman–Crippen LogP) is 15.6. The molecule has 0 bridgehead atoms. The SMILES string of the molecule is CC(C)c1cc2c(-c3ccc(C(C)(C)C)cc3)cccc2[cH-]1.Cc1ccc(-c2ccc(C(C)(C)C)cc2)c2cc(CCc3ccccc3)[cH-]c12.Cl.Cl.[CH3-].[CH3-].[Si]=[Zr]. The molecule has 0 spiro atoms. The van der Waals surface area contributed by atoms with Crippen LogP contribution in [0.5, 0.6) is 0 Å². The van der Waals surface area contributed by atoms with Crippen molar-refractivity contribution in [1.29, 1.82) is 0 Å². The number of halogens is 2. The third-order valence-electron chi connectivity index (χ3n) is 10.3. The second-order valence-corrected chi connectivity index (χ2v) is 16.5. The predicted molar refractivity (Wildman–Crippen MR) is 253 cm³/mol. The number of hydrogen-bond acceptors (Lipinski definition) is 0. The van der Waals surface area contributed by atoms with Crippen molar-refractivity contribution in [2.24, 2.45) is 0 Å². The molecule has 0 aliphatic carbocycles. The standard InChI is InChI=1S/C28H29.C22H25.2CH3.2ClH.Si.Zr/c1-20-10-17-25(23-13-15-24(16-14-23)28(2,3)4)27-19-22(18-26(20)27)12-11-21-8-6-5-7-9-21;1-15(2)18-13-17-7-6-8-20(21(17)14-18)16-9-11-19(12-10-16)22(3,4)5;;;;;;/h5-10,13-19H,11-12H2,1-4H3;6-15H,1-5H3;2*1H3;2*1H;;/q4*-1;;;;. The molecule has 0 saturated carbocycles. The van der Waals surface area contributed by atoms with Gasteiger partial charge in [0.05, 0.1) is 0 Å². The number of benzene rings is 5. The van der Waals surface area contributed by atoms with Gasteiger partial charge in [0.1, 0.15) is 0 Å². The first-order valence-corrected chi connectivity index (χ1v) is 22.9. The molecule has 7 aromatic carbocycles. The van der Waals surface area contributed by atoms with Crippen LogP contribution in [0.4, 0.5) is 0 Å². The Labute approximate surface area is 369 Å². The Morgan fingerprint density at radius 1 is 0.571 bits per heavy atom. The van der Waals surface area contributed by atoms with Gasteiger partial charge in [0, 0.05) is 0 Å². The quantitative estimate of drug-likeness (QED) is 0.115. The van der Waals surface area contributed by atoms with Crippen LogP contribution in [-0.2, 0) is 47.0 Å². The van der Waals surface area contributed by atoms with Crippen molar-refractivity contribution < 1.29 is 23.3 Å². The molecule has 0 saturated heterocycles. The molecule has 4 heteroatoms. The van der Waals surface area contributed by atoms with Crippen LogP contribution < -0.4 is 0 Å². The Morgan fingerprint density at radius 3 is 1.59 bits per heavy atom. The van der Waals surface area contributed by atoms with E-state index in [9.17, 15) is 0 Å². The van der Waals surface area contributed by atoms with E-state index < -0.39 is 0 Å². The molecule has 7 aromatic rings. The normalized spacial score (nSPS) is 10.8. The number of fused-ring (bicyclic) bond motifs is 2. The van der Waals surface area contributed by atoms with Crippen molar-refractivity contribution in [1.82, 2.24) is 0 Å². The van der Waals surface area contributed by atoms with Gasteiger partial charge in [-0.15, -0.1) is 93.4 Å². The Bertz CT molecular complexity index is 2210. The number of aryl methyl sites for hydroxylation is 3. The van der Waals surface area contributed by atoms with Crippen molar-refractivity contribution >= 4 is 53.2 Å². The molecule has 7 rings (SSSR count). The molecule has 0 unspecified atom stereocenters. The molecule has 296 valence electrons. The van der Waals surface area contributed by atoms with Crippen molar-refractivity contribution in [3.8, 4) is 22.3 Å². The molecule has 0 aliphatic heterocycles. The van der Waals surface area contributed by atoms with Gasteiger partial charge in [-0.05, 0) is 57.4 Å². The van der Waals surface area contributed by atoms with Crippen LogP contribution in [0.2, 0.25) is 0 Å². The summed E-state index contributed by atoms with van der Waals surface area (Å²) in [6, 6.07) is 49.6. The molecule has 56 heavy (non-hydrogen) atoms. The minimum atomic E-state index is 0. The fraction of sp³-hybridized carbons (Fsp3) is 0.269. The summed E-state index contributed by atoms with van der Waals surface area (Å²) in [6.45, 7) is 23.4. The van der Waals surface area contributed by atoms with Crippen LogP contribution in [0, 0.1) is 21.8 Å². The van der Waals surface area contributed by atoms with Crippen molar-refractivity contribution in [2.45, 2.75) is 91.9 Å². The van der Waals surface area contributed by atoms with Gasteiger partial charge >= 0.3 is 30.2 Å². The molecule has 2 radical (unpaired) electrons. The Morgan fingerprint density at radius 2 is 1.09 bits per heavy atom. The molecule has 0 heterocycles. The van der Waals surface area contributed by atoms with Crippen molar-refractivity contribution in [3.05, 3.63) is 182 Å². The number of hydrogen-bond donors (Lipinski definition) is 0. The average molecular weight is 877 g/mol. The van der Waals surface area contributed by atoms with Crippen LogP contribution in [0.1, 0.15) is 94.7 Å². The fourth-order valence-corrected chi connectivity index (χ4v) is 6.98. The van der Waals surface area contributed by atoms with Crippen LogP contribution >= 0.6 is 24.8 Å². The first-order chi connectivity index (χ1) is 24.8. The minimum absolute atomic E-state index is 0. The van der Waals surface area contributed by atoms with E-state index in [4.69, 9.17) is 0 Å². The summed E-state index contributed by atoms with van der Waals surface area (Å²) >= 11 is 1.36. The van der Waals surface area contributed by atoms with Crippen molar-refractivity contribution in [3.63, 3.8) is 0 Å². The van der Waals surface area contributed by atoms with E-state index >= 15 is 0 Å². The Kier molecular flexibility index (Phi) is 20.3. The van der Waals surface area contributed by atoms with Gasteiger partial charge in [0.25, 0.3) is 0 Å². The third kappa shape index (κ3) is 12.5. The number of rotatable bonds is 6. The zero-order chi connectivity index (χ0) is 37.6. The summed E-state index contributed by atoms with van der Waals surface area (Å²) in [5.41, 5.74) is 14.1. The molecule has 0 amide bonds. The van der Waals surface area contributed by atoms with Crippen LogP contribution in [-0.4, -0.2) is 6.88 Å². The van der Waals surface area contributed by atoms with E-state index in [-0.39, 0.29) is 50.5 Å². The topological polar surface area (TPSA) is 0 Å². The van der Waals surface area contributed by atoms with Gasteiger partial charge in [-0.3, -0.25) is 0 Å². The van der Waals surface area contributed by atoms with E-state index in [0.717, 1.165) is 12.8 Å². The monoisotopic (exact) mass is 874 g/mol. The van der Waals surface area contributed by atoms with E-state index in [1.54, 1.807) is 0 Å². The maximum atomic E-state index is 3.06. The van der Waals surface area contributed by atoms with Gasteiger partial charge in [-0.25, -0.2) is 0 Å². The third-order valence-corrected chi connectivity index (χ3v) is 10.3. The zero-order valence-corrected chi connectivity index (χ0v) is 40.6. The first-order valence-electron chi connectivity index (χ1n) is 18.7. The van der Waals surface area contributed by atoms with Gasteiger partial charge in [-0.2, -0.15) is 12.1 Å². The molecule has 0 atom stereocenters. The average Bonchev–Trinajstić information content (AvgIpc) is 3.78. The maximum absolute atomic E-state index is 3.06. The Balaban J connectivity index is 0.000000513. The molecule has 0 nitrogen and oxygen atoms in total. The Hall–Kier alpha value is -3.00. The van der Waals surface area contributed by atoms with E-state index in [2.05, 4.69) is 203 Å². The van der Waals surface area contributed by atoms with E-state index in [1.807, 2.05) is 0 Å². The molecular formula is C52H62Cl2SiZr-4. The summed E-state index contributed by atoms with van der Waals surface area (Å²) in [5, 5.41) is 5.49. The van der Waals surface area contributed by atoms with Crippen LogP contribution in [0.25, 0.3) is 43.8 Å². The van der Waals surface area contributed by atoms with Crippen LogP contribution in [0.3, 0.4) is 0 Å². The van der Waals surface area contributed by atoms with Crippen molar-refractivity contribution in [2.75, 3.05) is 0 Å². The summed E-state index contributed by atoms with van der Waals surface area (Å²) in [4.78, 5) is 0. The van der Waals surface area contributed by atoms with Gasteiger partial charge in [-0.1, -0.05) is 164 Å². The van der Waals surface area contributed by atoms with Gasteiger partial charge in [0.15, 0.2) is 0 Å². The summed E-state index contributed by atoms with van der Waals surface area (Å²) in [6.07, 6.45) is 2.17. The van der Waals surface area contributed by atoms with Gasteiger partial charge in [0.2, 0.25) is 0 Å². The second kappa shape index (κ2) is 22.2. The van der Waals surface area contributed by atoms with Gasteiger partial charge < -0.3 is 14.9 Å². The summed E-state index contributed by atoms with van der Waals surface area (Å²) in [7, 11) is 0. The molecule has 0 aromatic heterocycles. The van der Waals surface area contributed by atoms with Crippen LogP contribution in [0.15, 0.2) is 133 Å². The zero-order valence-electron chi connectivity index (χ0n) is 35.5. The summed E-state index contributed by atoms with van der Waals surface area (Å²) in [5.74, 6) is 0.573. The van der Waals surface area contributed by atoms with E-state index in [0.29, 0.717) is 5.92 Å². The molecule has 0 N–H and O–H groups in total. The second-order valence-electron chi connectivity index (χ2n) is 16.5. The van der Waals surface area contributed by atoms with E-state index in [1.165, 1.54) is 101 Å². The molecule has 0 aliphatic rings. The molecule has 0 fully saturated rings. The summed E-state index contributed by atoms with van der Waals surface area (Å²) < 4.78 is 0. The fourth-order valence-electron chi connectivity index (χ4n) is 6.98. The molecular weight excluding hydrogens is 815 g/mol.